The van der Waals surface area contributed by atoms with Crippen LogP contribution in [0.3, 0.4) is 0 Å². The normalized spacial score (nSPS) is 21.1. The molecule has 1 aromatic rings. The number of carbonyl (C=O) groups is 1. The molecule has 0 N–H and O–H groups in total. The standard InChI is InChI=1S/C21H26O2/c1-4-5-6-16(2)18-11-13-20(14-12-18)19-9-7-17(8-10-19)15-21(22)23-3/h4-6,11-14,17,19H,1-2,7-10,15H2,3H3/b6-5-. The van der Waals surface area contributed by atoms with Gasteiger partial charge in [0.15, 0.2) is 0 Å². The van der Waals surface area contributed by atoms with E-state index in [1.54, 1.807) is 6.08 Å². The molecular formula is C21H26O2. The van der Waals surface area contributed by atoms with Gasteiger partial charge in [-0.15, -0.1) is 0 Å². The molecule has 1 aliphatic carbocycles. The molecule has 1 aliphatic rings. The second-order valence-corrected chi connectivity index (χ2v) is 6.24. The minimum atomic E-state index is -0.0797. The lowest BCUT2D eigenvalue weighted by molar-refractivity contribution is -0.142. The minimum absolute atomic E-state index is 0.0797. The lowest BCUT2D eigenvalue weighted by Crippen LogP contribution is -2.17. The molecule has 0 radical (unpaired) electrons. The predicted octanol–water partition coefficient (Wildman–Crippen LogP) is 5.28. The molecule has 0 amide bonds. The molecule has 1 fully saturated rings. The van der Waals surface area contributed by atoms with E-state index in [9.17, 15) is 4.79 Å². The largest absolute Gasteiger partial charge is 0.469 e. The SMILES string of the molecule is C=C/C=C\C(=C)c1ccc(C2CCC(CC(=O)OC)CC2)cc1. The van der Waals surface area contributed by atoms with Crippen LogP contribution in [0.15, 0.2) is 55.7 Å². The van der Waals surface area contributed by atoms with Crippen molar-refractivity contribution in [1.82, 2.24) is 0 Å². The van der Waals surface area contributed by atoms with Gasteiger partial charge in [-0.2, -0.15) is 0 Å². The zero-order chi connectivity index (χ0) is 16.7. The van der Waals surface area contributed by atoms with E-state index in [1.165, 1.54) is 12.7 Å². The molecule has 1 saturated carbocycles. The third kappa shape index (κ3) is 4.95. The van der Waals surface area contributed by atoms with Gasteiger partial charge >= 0.3 is 5.97 Å². The van der Waals surface area contributed by atoms with E-state index in [0.29, 0.717) is 18.3 Å². The number of benzene rings is 1. The van der Waals surface area contributed by atoms with Crippen LogP contribution in [0.1, 0.15) is 49.1 Å². The fourth-order valence-electron chi connectivity index (χ4n) is 3.27. The molecular weight excluding hydrogens is 284 g/mol. The summed E-state index contributed by atoms with van der Waals surface area (Å²) in [6, 6.07) is 8.72. The summed E-state index contributed by atoms with van der Waals surface area (Å²) < 4.78 is 4.77. The molecule has 0 aliphatic heterocycles. The Morgan fingerprint density at radius 2 is 1.87 bits per heavy atom. The Balaban J connectivity index is 1.91. The topological polar surface area (TPSA) is 26.3 Å². The minimum Gasteiger partial charge on any atom is -0.469 e. The highest BCUT2D eigenvalue weighted by atomic mass is 16.5. The van der Waals surface area contributed by atoms with Crippen LogP contribution >= 0.6 is 0 Å². The molecule has 0 unspecified atom stereocenters. The first-order chi connectivity index (χ1) is 11.1. The van der Waals surface area contributed by atoms with Gasteiger partial charge in [-0.25, -0.2) is 0 Å². The number of esters is 1. The fourth-order valence-corrected chi connectivity index (χ4v) is 3.27. The van der Waals surface area contributed by atoms with Crippen LogP contribution in [0.25, 0.3) is 5.57 Å². The number of allylic oxidation sites excluding steroid dienone is 4. The van der Waals surface area contributed by atoms with Crippen molar-refractivity contribution in [3.05, 3.63) is 66.8 Å². The molecule has 0 heterocycles. The van der Waals surface area contributed by atoms with Gasteiger partial charge < -0.3 is 4.74 Å². The summed E-state index contributed by atoms with van der Waals surface area (Å²) in [4.78, 5) is 11.4. The van der Waals surface area contributed by atoms with Gasteiger partial charge in [0.05, 0.1) is 7.11 Å². The summed E-state index contributed by atoms with van der Waals surface area (Å²) >= 11 is 0. The average molecular weight is 310 g/mol. The van der Waals surface area contributed by atoms with Crippen LogP contribution in [0.5, 0.6) is 0 Å². The maximum Gasteiger partial charge on any atom is 0.305 e. The fraction of sp³-hybridized carbons (Fsp3) is 0.381. The van der Waals surface area contributed by atoms with Crippen molar-refractivity contribution in [2.45, 2.75) is 38.0 Å². The van der Waals surface area contributed by atoms with Crippen molar-refractivity contribution >= 4 is 11.5 Å². The van der Waals surface area contributed by atoms with E-state index in [-0.39, 0.29) is 5.97 Å². The molecule has 2 rings (SSSR count). The zero-order valence-electron chi connectivity index (χ0n) is 14.0. The van der Waals surface area contributed by atoms with E-state index in [2.05, 4.69) is 37.4 Å². The molecule has 0 bridgehead atoms. The summed E-state index contributed by atoms with van der Waals surface area (Å²) in [7, 11) is 1.47. The van der Waals surface area contributed by atoms with Gasteiger partial charge in [-0.3, -0.25) is 4.79 Å². The van der Waals surface area contributed by atoms with Gasteiger partial charge in [0.2, 0.25) is 0 Å². The number of carbonyl (C=O) groups excluding carboxylic acids is 1. The first-order valence-electron chi connectivity index (χ1n) is 8.29. The first kappa shape index (κ1) is 17.3. The molecule has 2 heteroatoms. The Labute approximate surface area is 139 Å². The molecule has 23 heavy (non-hydrogen) atoms. The summed E-state index contributed by atoms with van der Waals surface area (Å²) in [6.45, 7) is 7.75. The summed E-state index contributed by atoms with van der Waals surface area (Å²) in [5.41, 5.74) is 3.54. The Bertz CT molecular complexity index is 572. The summed E-state index contributed by atoms with van der Waals surface area (Å²) in [5.74, 6) is 1.01. The molecule has 0 saturated heterocycles. The second-order valence-electron chi connectivity index (χ2n) is 6.24. The van der Waals surface area contributed by atoms with E-state index < -0.39 is 0 Å². The van der Waals surface area contributed by atoms with Crippen molar-refractivity contribution in [2.24, 2.45) is 5.92 Å². The highest BCUT2D eigenvalue weighted by Gasteiger charge is 2.24. The number of ether oxygens (including phenoxy) is 1. The Morgan fingerprint density at radius 3 is 2.43 bits per heavy atom. The lowest BCUT2D eigenvalue weighted by Gasteiger charge is -2.28. The molecule has 122 valence electrons. The van der Waals surface area contributed by atoms with Gasteiger partial charge in [0.25, 0.3) is 0 Å². The zero-order valence-corrected chi connectivity index (χ0v) is 14.0. The third-order valence-corrected chi connectivity index (χ3v) is 4.72. The monoisotopic (exact) mass is 310 g/mol. The quantitative estimate of drug-likeness (QED) is 0.528. The maximum atomic E-state index is 11.4. The number of hydrogen-bond acceptors (Lipinski definition) is 2. The Morgan fingerprint density at radius 1 is 1.22 bits per heavy atom. The van der Waals surface area contributed by atoms with Crippen molar-refractivity contribution in [3.63, 3.8) is 0 Å². The van der Waals surface area contributed by atoms with E-state index in [0.717, 1.165) is 36.8 Å². The Kier molecular flexibility index (Phi) is 6.40. The number of rotatable bonds is 6. The highest BCUT2D eigenvalue weighted by Crippen LogP contribution is 2.37. The van der Waals surface area contributed by atoms with E-state index >= 15 is 0 Å². The van der Waals surface area contributed by atoms with E-state index in [4.69, 9.17) is 4.74 Å². The molecule has 0 spiro atoms. The summed E-state index contributed by atoms with van der Waals surface area (Å²) in [5, 5.41) is 0. The van der Waals surface area contributed by atoms with Crippen LogP contribution in [0, 0.1) is 5.92 Å². The van der Waals surface area contributed by atoms with Crippen LogP contribution in [0.4, 0.5) is 0 Å². The highest BCUT2D eigenvalue weighted by molar-refractivity contribution is 5.72. The van der Waals surface area contributed by atoms with Crippen molar-refractivity contribution in [1.29, 1.82) is 0 Å². The van der Waals surface area contributed by atoms with Crippen molar-refractivity contribution in [3.8, 4) is 0 Å². The smallest absolute Gasteiger partial charge is 0.305 e. The third-order valence-electron chi connectivity index (χ3n) is 4.72. The number of hydrogen-bond donors (Lipinski definition) is 0. The molecule has 0 atom stereocenters. The van der Waals surface area contributed by atoms with Gasteiger partial charge in [0.1, 0.15) is 0 Å². The van der Waals surface area contributed by atoms with Crippen LogP contribution in [0.2, 0.25) is 0 Å². The maximum absolute atomic E-state index is 11.4. The molecule has 1 aromatic carbocycles. The molecule has 2 nitrogen and oxygen atoms in total. The van der Waals surface area contributed by atoms with Crippen molar-refractivity contribution in [2.75, 3.05) is 7.11 Å². The Hall–Kier alpha value is -2.09. The lowest BCUT2D eigenvalue weighted by atomic mass is 9.77. The average Bonchev–Trinajstić information content (AvgIpc) is 2.60. The first-order valence-corrected chi connectivity index (χ1v) is 8.29. The van der Waals surface area contributed by atoms with Gasteiger partial charge in [-0.05, 0) is 54.2 Å². The van der Waals surface area contributed by atoms with E-state index in [1.807, 2.05) is 12.2 Å². The predicted molar refractivity (Wildman–Crippen MR) is 96.1 cm³/mol. The van der Waals surface area contributed by atoms with Gasteiger partial charge in [0, 0.05) is 6.42 Å². The van der Waals surface area contributed by atoms with Crippen LogP contribution in [-0.2, 0) is 9.53 Å². The van der Waals surface area contributed by atoms with Crippen molar-refractivity contribution < 1.29 is 9.53 Å². The second kappa shape index (κ2) is 8.52. The molecule has 0 aromatic heterocycles. The summed E-state index contributed by atoms with van der Waals surface area (Å²) in [6.07, 6.45) is 10.7. The number of methoxy groups -OCH3 is 1. The van der Waals surface area contributed by atoms with Gasteiger partial charge in [-0.1, -0.05) is 55.7 Å². The van der Waals surface area contributed by atoms with Crippen LogP contribution < -0.4 is 0 Å². The van der Waals surface area contributed by atoms with Crippen LogP contribution in [-0.4, -0.2) is 13.1 Å².